The summed E-state index contributed by atoms with van der Waals surface area (Å²) in [7, 11) is 3.42. The topological polar surface area (TPSA) is 76.9 Å². The van der Waals surface area contributed by atoms with E-state index >= 15 is 0 Å². The van der Waals surface area contributed by atoms with E-state index in [9.17, 15) is 0 Å². The van der Waals surface area contributed by atoms with Gasteiger partial charge in [-0.05, 0) is 30.7 Å². The summed E-state index contributed by atoms with van der Waals surface area (Å²) in [5.41, 5.74) is 7.97. The van der Waals surface area contributed by atoms with Crippen molar-refractivity contribution in [2.75, 3.05) is 12.8 Å². The minimum Gasteiger partial charge on any atom is -0.496 e. The van der Waals surface area contributed by atoms with Gasteiger partial charge in [0, 0.05) is 12.6 Å². The first-order valence-electron chi connectivity index (χ1n) is 5.45. The van der Waals surface area contributed by atoms with Crippen molar-refractivity contribution in [1.29, 1.82) is 5.26 Å². The van der Waals surface area contributed by atoms with Gasteiger partial charge in [-0.15, -0.1) is 0 Å². The molecule has 0 fully saturated rings. The zero-order chi connectivity index (χ0) is 13.3. The molecule has 1 heterocycles. The number of aryl methyl sites for hydroxylation is 1. The maximum Gasteiger partial charge on any atom is 0.183 e. The third-order valence-corrected chi connectivity index (χ3v) is 2.90. The molecule has 92 valence electrons. The van der Waals surface area contributed by atoms with Crippen molar-refractivity contribution >= 4 is 5.82 Å². The Labute approximate surface area is 105 Å². The number of benzene rings is 1. The monoisotopic (exact) mass is 242 g/mol. The van der Waals surface area contributed by atoms with Gasteiger partial charge in [0.15, 0.2) is 5.69 Å². The molecule has 5 nitrogen and oxygen atoms in total. The summed E-state index contributed by atoms with van der Waals surface area (Å²) in [5, 5.41) is 8.91. The molecule has 0 atom stereocenters. The van der Waals surface area contributed by atoms with Crippen LogP contribution in [-0.2, 0) is 7.05 Å². The van der Waals surface area contributed by atoms with Crippen LogP contribution in [0.25, 0.3) is 11.4 Å². The number of nitrogen functional groups attached to an aromatic ring is 1. The number of hydrogen-bond donors (Lipinski definition) is 1. The standard InChI is InChI=1S/C13H14N4O/c1-8-6-9(4-5-11(8)18-3)13-16-10(7-14)12(15)17(13)2/h4-6H,15H2,1-3H3. The highest BCUT2D eigenvalue weighted by molar-refractivity contribution is 5.64. The second kappa shape index (κ2) is 4.41. The van der Waals surface area contributed by atoms with Crippen molar-refractivity contribution in [1.82, 2.24) is 9.55 Å². The quantitative estimate of drug-likeness (QED) is 0.871. The van der Waals surface area contributed by atoms with Gasteiger partial charge >= 0.3 is 0 Å². The zero-order valence-corrected chi connectivity index (χ0v) is 10.6. The zero-order valence-electron chi connectivity index (χ0n) is 10.6. The first-order chi connectivity index (χ1) is 8.58. The number of hydrogen-bond acceptors (Lipinski definition) is 4. The summed E-state index contributed by atoms with van der Waals surface area (Å²) in [6.07, 6.45) is 0. The van der Waals surface area contributed by atoms with Crippen molar-refractivity contribution in [2.24, 2.45) is 7.05 Å². The number of nitrogens with zero attached hydrogens (tertiary/aromatic N) is 3. The number of aromatic nitrogens is 2. The van der Waals surface area contributed by atoms with Crippen molar-refractivity contribution < 1.29 is 4.74 Å². The van der Waals surface area contributed by atoms with Crippen molar-refractivity contribution in [3.8, 4) is 23.2 Å². The van der Waals surface area contributed by atoms with Crippen LogP contribution in [0.3, 0.4) is 0 Å². The van der Waals surface area contributed by atoms with Crippen LogP contribution < -0.4 is 10.5 Å². The SMILES string of the molecule is COc1ccc(-c2nc(C#N)c(N)n2C)cc1C. The minimum atomic E-state index is 0.251. The maximum atomic E-state index is 8.91. The van der Waals surface area contributed by atoms with E-state index in [2.05, 4.69) is 4.98 Å². The fraction of sp³-hybridized carbons (Fsp3) is 0.231. The fourth-order valence-corrected chi connectivity index (χ4v) is 1.87. The van der Waals surface area contributed by atoms with Crippen LogP contribution in [0.15, 0.2) is 18.2 Å². The molecule has 0 aliphatic heterocycles. The molecule has 0 aliphatic rings. The molecule has 0 spiro atoms. The lowest BCUT2D eigenvalue weighted by atomic mass is 10.1. The first kappa shape index (κ1) is 12.0. The predicted molar refractivity (Wildman–Crippen MR) is 69.1 cm³/mol. The Morgan fingerprint density at radius 3 is 2.67 bits per heavy atom. The molecule has 2 N–H and O–H groups in total. The average molecular weight is 242 g/mol. The summed E-state index contributed by atoms with van der Waals surface area (Å²) in [4.78, 5) is 4.23. The number of nitriles is 1. The van der Waals surface area contributed by atoms with Crippen LogP contribution in [0.4, 0.5) is 5.82 Å². The molecule has 2 aromatic rings. The third kappa shape index (κ3) is 1.78. The second-order valence-electron chi connectivity index (χ2n) is 4.02. The van der Waals surface area contributed by atoms with E-state index in [4.69, 9.17) is 15.7 Å². The molecule has 0 radical (unpaired) electrons. The van der Waals surface area contributed by atoms with Gasteiger partial charge in [0.05, 0.1) is 7.11 Å². The Kier molecular flexibility index (Phi) is 2.94. The van der Waals surface area contributed by atoms with Gasteiger partial charge in [-0.25, -0.2) is 4.98 Å². The number of anilines is 1. The van der Waals surface area contributed by atoms with E-state index in [1.165, 1.54) is 0 Å². The van der Waals surface area contributed by atoms with Gasteiger partial charge in [0.1, 0.15) is 23.5 Å². The molecule has 0 saturated heterocycles. The highest BCUT2D eigenvalue weighted by Crippen LogP contribution is 2.27. The molecule has 0 saturated carbocycles. The number of methoxy groups -OCH3 is 1. The molecule has 0 unspecified atom stereocenters. The van der Waals surface area contributed by atoms with Crippen LogP contribution in [0.2, 0.25) is 0 Å². The van der Waals surface area contributed by atoms with Gasteiger partial charge < -0.3 is 15.0 Å². The summed E-state index contributed by atoms with van der Waals surface area (Å²) < 4.78 is 6.92. The lowest BCUT2D eigenvalue weighted by molar-refractivity contribution is 0.412. The highest BCUT2D eigenvalue weighted by Gasteiger charge is 2.13. The van der Waals surface area contributed by atoms with Gasteiger partial charge in [-0.2, -0.15) is 5.26 Å². The minimum absolute atomic E-state index is 0.251. The Balaban J connectivity index is 2.56. The van der Waals surface area contributed by atoms with Crippen LogP contribution in [0.5, 0.6) is 5.75 Å². The fourth-order valence-electron chi connectivity index (χ4n) is 1.87. The Hall–Kier alpha value is -2.48. The smallest absolute Gasteiger partial charge is 0.183 e. The summed E-state index contributed by atoms with van der Waals surface area (Å²) >= 11 is 0. The molecule has 0 bridgehead atoms. The van der Waals surface area contributed by atoms with E-state index in [1.807, 2.05) is 31.2 Å². The van der Waals surface area contributed by atoms with Gasteiger partial charge in [-0.1, -0.05) is 0 Å². The third-order valence-electron chi connectivity index (χ3n) is 2.90. The molecule has 2 rings (SSSR count). The molecule has 5 heteroatoms. The Morgan fingerprint density at radius 2 is 2.17 bits per heavy atom. The molecule has 1 aromatic carbocycles. The number of ether oxygens (including phenoxy) is 1. The van der Waals surface area contributed by atoms with Crippen LogP contribution in [0, 0.1) is 18.3 Å². The van der Waals surface area contributed by atoms with E-state index in [1.54, 1.807) is 18.7 Å². The second-order valence-corrected chi connectivity index (χ2v) is 4.02. The molecule has 0 amide bonds. The average Bonchev–Trinajstić information content (AvgIpc) is 2.66. The van der Waals surface area contributed by atoms with Crippen LogP contribution in [-0.4, -0.2) is 16.7 Å². The highest BCUT2D eigenvalue weighted by atomic mass is 16.5. The first-order valence-corrected chi connectivity index (χ1v) is 5.45. The van der Waals surface area contributed by atoms with Gasteiger partial charge in [0.25, 0.3) is 0 Å². The van der Waals surface area contributed by atoms with E-state index in [-0.39, 0.29) is 5.69 Å². The summed E-state index contributed by atoms with van der Waals surface area (Å²) in [6, 6.07) is 7.72. The lowest BCUT2D eigenvalue weighted by Gasteiger charge is -2.07. The molecule has 18 heavy (non-hydrogen) atoms. The van der Waals surface area contributed by atoms with Crippen LogP contribution in [0.1, 0.15) is 11.3 Å². The van der Waals surface area contributed by atoms with E-state index in [0.717, 1.165) is 16.9 Å². The number of rotatable bonds is 2. The van der Waals surface area contributed by atoms with E-state index in [0.29, 0.717) is 11.6 Å². The molecular formula is C13H14N4O. The Morgan fingerprint density at radius 1 is 1.44 bits per heavy atom. The van der Waals surface area contributed by atoms with Crippen LogP contribution >= 0.6 is 0 Å². The van der Waals surface area contributed by atoms with Crippen molar-refractivity contribution in [3.63, 3.8) is 0 Å². The lowest BCUT2D eigenvalue weighted by Crippen LogP contribution is -1.99. The summed E-state index contributed by atoms with van der Waals surface area (Å²) in [5.74, 6) is 1.87. The molecule has 1 aromatic heterocycles. The van der Waals surface area contributed by atoms with E-state index < -0.39 is 0 Å². The van der Waals surface area contributed by atoms with Gasteiger partial charge in [-0.3, -0.25) is 0 Å². The molecule has 0 aliphatic carbocycles. The van der Waals surface area contributed by atoms with Crippen molar-refractivity contribution in [3.05, 3.63) is 29.5 Å². The maximum absolute atomic E-state index is 8.91. The number of imidazole rings is 1. The largest absolute Gasteiger partial charge is 0.496 e. The van der Waals surface area contributed by atoms with Gasteiger partial charge in [0.2, 0.25) is 0 Å². The molecular weight excluding hydrogens is 228 g/mol. The van der Waals surface area contributed by atoms with Crippen molar-refractivity contribution in [2.45, 2.75) is 6.92 Å². The summed E-state index contributed by atoms with van der Waals surface area (Å²) in [6.45, 7) is 1.96. The Bertz CT molecular complexity index is 637. The number of nitrogens with two attached hydrogens (primary N) is 1. The predicted octanol–water partition coefficient (Wildman–Crippen LogP) is 1.86. The normalized spacial score (nSPS) is 10.1.